The second-order valence-corrected chi connectivity index (χ2v) is 6.42. The predicted octanol–water partition coefficient (Wildman–Crippen LogP) is 1.07. The van der Waals surface area contributed by atoms with Gasteiger partial charge in [0.1, 0.15) is 0 Å². The highest BCUT2D eigenvalue weighted by Crippen LogP contribution is 2.23. The van der Waals surface area contributed by atoms with Crippen molar-refractivity contribution in [2.75, 3.05) is 39.3 Å². The molecule has 0 spiro atoms. The van der Waals surface area contributed by atoms with E-state index in [1.807, 2.05) is 0 Å². The average molecular weight is 265 g/mol. The Morgan fingerprint density at radius 2 is 2.11 bits per heavy atom. The first-order valence-corrected chi connectivity index (χ1v) is 8.05. The summed E-state index contributed by atoms with van der Waals surface area (Å²) >= 11 is 0. The predicted molar refractivity (Wildman–Crippen MR) is 76.0 cm³/mol. The summed E-state index contributed by atoms with van der Waals surface area (Å²) in [5, 5.41) is 3.44. The Bertz CT molecular complexity index is 315. The maximum absolute atomic E-state index is 12.3. The number of rotatable bonds is 3. The molecule has 0 aliphatic carbocycles. The van der Waals surface area contributed by atoms with E-state index >= 15 is 0 Å². The van der Waals surface area contributed by atoms with Gasteiger partial charge in [0.2, 0.25) is 5.91 Å². The van der Waals surface area contributed by atoms with E-state index < -0.39 is 0 Å². The van der Waals surface area contributed by atoms with Gasteiger partial charge in [-0.25, -0.2) is 0 Å². The molecule has 3 saturated heterocycles. The van der Waals surface area contributed by atoms with Gasteiger partial charge in [0, 0.05) is 32.1 Å². The molecule has 3 aliphatic rings. The molecule has 4 heteroatoms. The van der Waals surface area contributed by atoms with Crippen LogP contribution >= 0.6 is 0 Å². The lowest BCUT2D eigenvalue weighted by atomic mass is 9.94. The fourth-order valence-electron chi connectivity index (χ4n) is 3.87. The zero-order chi connectivity index (χ0) is 13.1. The number of nitrogens with one attached hydrogen (secondary N) is 1. The molecule has 0 radical (unpaired) electrons. The van der Waals surface area contributed by atoms with Gasteiger partial charge in [-0.15, -0.1) is 0 Å². The summed E-state index contributed by atoms with van der Waals surface area (Å²) in [5.41, 5.74) is 0. The maximum atomic E-state index is 12.3. The molecule has 3 rings (SSSR count). The zero-order valence-corrected chi connectivity index (χ0v) is 11.9. The fourth-order valence-corrected chi connectivity index (χ4v) is 3.87. The molecule has 2 atom stereocenters. The molecule has 1 N–H and O–H groups in total. The second-order valence-electron chi connectivity index (χ2n) is 6.42. The number of amides is 1. The van der Waals surface area contributed by atoms with Gasteiger partial charge in [-0.05, 0) is 57.7 Å². The van der Waals surface area contributed by atoms with Gasteiger partial charge in [0.05, 0.1) is 0 Å². The number of fused-ring (bicyclic) bond motifs is 1. The molecule has 0 aromatic carbocycles. The Morgan fingerprint density at radius 1 is 1.16 bits per heavy atom. The van der Waals surface area contributed by atoms with Gasteiger partial charge in [-0.3, -0.25) is 9.69 Å². The standard InChI is InChI=1S/C15H27N3O/c19-15(6-5-13-3-1-7-16-11-13)18-10-9-17-8-2-4-14(17)12-18/h13-14,16H,1-12H2. The van der Waals surface area contributed by atoms with Crippen LogP contribution in [0.25, 0.3) is 0 Å². The van der Waals surface area contributed by atoms with Gasteiger partial charge >= 0.3 is 0 Å². The minimum absolute atomic E-state index is 0.400. The van der Waals surface area contributed by atoms with Crippen LogP contribution < -0.4 is 5.32 Å². The van der Waals surface area contributed by atoms with Crippen LogP contribution in [0.5, 0.6) is 0 Å². The van der Waals surface area contributed by atoms with Gasteiger partial charge in [-0.1, -0.05) is 0 Å². The Labute approximate surface area is 116 Å². The summed E-state index contributed by atoms with van der Waals surface area (Å²) in [6.45, 7) is 6.57. The monoisotopic (exact) mass is 265 g/mol. The van der Waals surface area contributed by atoms with E-state index in [0.717, 1.165) is 51.5 Å². The molecule has 4 nitrogen and oxygen atoms in total. The van der Waals surface area contributed by atoms with Crippen molar-refractivity contribution < 1.29 is 4.79 Å². The van der Waals surface area contributed by atoms with Crippen LogP contribution in [0.3, 0.4) is 0 Å². The van der Waals surface area contributed by atoms with Crippen molar-refractivity contribution in [1.29, 1.82) is 0 Å². The lowest BCUT2D eigenvalue weighted by Crippen LogP contribution is -2.52. The molecule has 0 saturated carbocycles. The van der Waals surface area contributed by atoms with Gasteiger partial charge in [-0.2, -0.15) is 0 Å². The Kier molecular flexibility index (Phi) is 4.38. The second kappa shape index (κ2) is 6.23. The lowest BCUT2D eigenvalue weighted by molar-refractivity contribution is -0.134. The van der Waals surface area contributed by atoms with Crippen LogP contribution in [0.2, 0.25) is 0 Å². The van der Waals surface area contributed by atoms with Crippen molar-refractivity contribution in [2.45, 2.75) is 44.6 Å². The van der Waals surface area contributed by atoms with E-state index in [2.05, 4.69) is 15.1 Å². The highest BCUT2D eigenvalue weighted by molar-refractivity contribution is 5.76. The Hall–Kier alpha value is -0.610. The Balaban J connectivity index is 1.42. The molecule has 2 unspecified atom stereocenters. The van der Waals surface area contributed by atoms with Crippen LogP contribution in [0, 0.1) is 5.92 Å². The van der Waals surface area contributed by atoms with Crippen molar-refractivity contribution in [3.63, 3.8) is 0 Å². The lowest BCUT2D eigenvalue weighted by Gasteiger charge is -2.37. The molecule has 3 heterocycles. The SMILES string of the molecule is O=C(CCC1CCCNC1)N1CCN2CCCC2C1. The first-order valence-electron chi connectivity index (χ1n) is 8.05. The van der Waals surface area contributed by atoms with Crippen LogP contribution in [-0.2, 0) is 4.79 Å². The van der Waals surface area contributed by atoms with Crippen LogP contribution in [-0.4, -0.2) is 61.0 Å². The molecule has 0 bridgehead atoms. The third-order valence-electron chi connectivity index (χ3n) is 5.11. The van der Waals surface area contributed by atoms with E-state index in [-0.39, 0.29) is 0 Å². The topological polar surface area (TPSA) is 35.6 Å². The minimum atomic E-state index is 0.400. The number of nitrogens with zero attached hydrogens (tertiary/aromatic N) is 2. The number of carbonyl (C=O) groups excluding carboxylic acids is 1. The normalized spacial score (nSPS) is 32.3. The molecular formula is C15H27N3O. The van der Waals surface area contributed by atoms with E-state index in [4.69, 9.17) is 0 Å². The molecule has 1 amide bonds. The van der Waals surface area contributed by atoms with Crippen LogP contribution in [0.1, 0.15) is 38.5 Å². The van der Waals surface area contributed by atoms with E-state index in [9.17, 15) is 4.79 Å². The molecule has 0 aromatic rings. The van der Waals surface area contributed by atoms with Crippen LogP contribution in [0.4, 0.5) is 0 Å². The number of carbonyl (C=O) groups is 1. The van der Waals surface area contributed by atoms with E-state index in [0.29, 0.717) is 11.9 Å². The van der Waals surface area contributed by atoms with Crippen molar-refractivity contribution in [3.05, 3.63) is 0 Å². The molecule has 19 heavy (non-hydrogen) atoms. The zero-order valence-electron chi connectivity index (χ0n) is 11.9. The highest BCUT2D eigenvalue weighted by Gasteiger charge is 2.32. The van der Waals surface area contributed by atoms with Crippen LogP contribution in [0.15, 0.2) is 0 Å². The number of piperidine rings is 1. The molecular weight excluding hydrogens is 238 g/mol. The summed E-state index contributed by atoms with van der Waals surface area (Å²) in [6.07, 6.45) is 7.03. The van der Waals surface area contributed by atoms with Gasteiger partial charge in [0.25, 0.3) is 0 Å². The summed E-state index contributed by atoms with van der Waals surface area (Å²) in [4.78, 5) is 17.0. The van der Waals surface area contributed by atoms with Crippen molar-refractivity contribution >= 4 is 5.91 Å². The molecule has 108 valence electrons. The average Bonchev–Trinajstić information content (AvgIpc) is 2.93. The third kappa shape index (κ3) is 3.29. The summed E-state index contributed by atoms with van der Waals surface area (Å²) in [5.74, 6) is 1.13. The largest absolute Gasteiger partial charge is 0.340 e. The van der Waals surface area contributed by atoms with Gasteiger partial charge < -0.3 is 10.2 Å². The molecule has 3 fully saturated rings. The molecule has 3 aliphatic heterocycles. The van der Waals surface area contributed by atoms with Crippen molar-refractivity contribution in [1.82, 2.24) is 15.1 Å². The first-order chi connectivity index (χ1) is 9.33. The van der Waals surface area contributed by atoms with Crippen molar-refractivity contribution in [3.8, 4) is 0 Å². The summed E-state index contributed by atoms with van der Waals surface area (Å²) in [7, 11) is 0. The minimum Gasteiger partial charge on any atom is -0.340 e. The first kappa shape index (κ1) is 13.4. The number of piperazine rings is 1. The number of hydrogen-bond acceptors (Lipinski definition) is 3. The summed E-state index contributed by atoms with van der Waals surface area (Å²) in [6, 6.07) is 0.661. The quantitative estimate of drug-likeness (QED) is 0.829. The maximum Gasteiger partial charge on any atom is 0.222 e. The number of hydrogen-bond donors (Lipinski definition) is 1. The van der Waals surface area contributed by atoms with E-state index in [1.165, 1.54) is 32.2 Å². The van der Waals surface area contributed by atoms with Gasteiger partial charge in [0.15, 0.2) is 0 Å². The van der Waals surface area contributed by atoms with Crippen molar-refractivity contribution in [2.24, 2.45) is 5.92 Å². The Morgan fingerprint density at radius 3 is 2.95 bits per heavy atom. The smallest absolute Gasteiger partial charge is 0.222 e. The molecule has 0 aromatic heterocycles. The third-order valence-corrected chi connectivity index (χ3v) is 5.11. The summed E-state index contributed by atoms with van der Waals surface area (Å²) < 4.78 is 0. The van der Waals surface area contributed by atoms with E-state index in [1.54, 1.807) is 0 Å². The highest BCUT2D eigenvalue weighted by atomic mass is 16.2. The fraction of sp³-hybridized carbons (Fsp3) is 0.933.